The van der Waals surface area contributed by atoms with E-state index in [2.05, 4.69) is 0 Å². The maximum atomic E-state index is 11.1. The fourth-order valence-corrected chi connectivity index (χ4v) is 1.99. The van der Waals surface area contributed by atoms with Crippen molar-refractivity contribution in [3.63, 3.8) is 0 Å². The van der Waals surface area contributed by atoms with Gasteiger partial charge in [0.05, 0.1) is 37.3 Å². The van der Waals surface area contributed by atoms with E-state index in [1.807, 2.05) is 6.07 Å². The van der Waals surface area contributed by atoms with Crippen LogP contribution >= 0.6 is 0 Å². The monoisotopic (exact) mass is 263 g/mol. The topological polar surface area (TPSA) is 88.6 Å². The average Bonchev–Trinajstić information content (AvgIpc) is 2.46. The van der Waals surface area contributed by atoms with Crippen molar-refractivity contribution in [2.45, 2.75) is 6.10 Å². The third kappa shape index (κ3) is 2.74. The van der Waals surface area contributed by atoms with E-state index in [1.165, 1.54) is 13.2 Å². The van der Waals surface area contributed by atoms with Crippen LogP contribution in [0.15, 0.2) is 18.2 Å². The molecule has 7 nitrogen and oxygen atoms in total. The molecule has 0 N–H and O–H groups in total. The summed E-state index contributed by atoms with van der Waals surface area (Å²) in [5.41, 5.74) is 0.451. The van der Waals surface area contributed by atoms with Crippen LogP contribution in [-0.4, -0.2) is 37.8 Å². The Kier molecular flexibility index (Phi) is 3.82. The Labute approximate surface area is 110 Å². The largest absolute Gasteiger partial charge is 0.496 e. The van der Waals surface area contributed by atoms with E-state index in [9.17, 15) is 10.1 Å². The zero-order valence-electron chi connectivity index (χ0n) is 10.4. The molecule has 1 atom stereocenters. The van der Waals surface area contributed by atoms with Crippen molar-refractivity contribution in [1.29, 1.82) is 5.26 Å². The van der Waals surface area contributed by atoms with E-state index < -0.39 is 11.0 Å². The van der Waals surface area contributed by atoms with Crippen LogP contribution < -0.4 is 9.64 Å². The minimum absolute atomic E-state index is 0.0297. The van der Waals surface area contributed by atoms with E-state index in [0.717, 1.165) is 0 Å². The number of hydrogen-bond donors (Lipinski definition) is 0. The van der Waals surface area contributed by atoms with Gasteiger partial charge in [-0.1, -0.05) is 0 Å². The third-order valence-electron chi connectivity index (χ3n) is 2.93. The first-order valence-corrected chi connectivity index (χ1v) is 5.74. The van der Waals surface area contributed by atoms with Crippen LogP contribution in [0.3, 0.4) is 0 Å². The minimum Gasteiger partial charge on any atom is -0.496 e. The Bertz CT molecular complexity index is 526. The summed E-state index contributed by atoms with van der Waals surface area (Å²) in [6.07, 6.45) is -0.560. The SMILES string of the molecule is COc1ccc(N2CCOC(C#N)C2)c([N+](=O)[O-])c1. The molecule has 19 heavy (non-hydrogen) atoms. The number of rotatable bonds is 3. The molecule has 2 rings (SSSR count). The molecule has 1 aliphatic rings. The molecule has 1 fully saturated rings. The van der Waals surface area contributed by atoms with Crippen LogP contribution in [0.4, 0.5) is 11.4 Å². The lowest BCUT2D eigenvalue weighted by atomic mass is 10.2. The zero-order chi connectivity index (χ0) is 13.8. The molecule has 0 aromatic heterocycles. The molecule has 0 aliphatic carbocycles. The quantitative estimate of drug-likeness (QED) is 0.603. The first-order chi connectivity index (χ1) is 9.15. The van der Waals surface area contributed by atoms with Gasteiger partial charge in [0, 0.05) is 6.54 Å². The highest BCUT2D eigenvalue weighted by molar-refractivity contribution is 5.65. The Morgan fingerprint density at radius 3 is 3.05 bits per heavy atom. The van der Waals surface area contributed by atoms with Crippen molar-refractivity contribution >= 4 is 11.4 Å². The highest BCUT2D eigenvalue weighted by Gasteiger charge is 2.26. The summed E-state index contributed by atoms with van der Waals surface area (Å²) in [7, 11) is 1.46. The maximum Gasteiger partial charge on any atom is 0.296 e. The molecule has 100 valence electrons. The second-order valence-electron chi connectivity index (χ2n) is 4.05. The van der Waals surface area contributed by atoms with Crippen molar-refractivity contribution in [3.8, 4) is 11.8 Å². The van der Waals surface area contributed by atoms with Crippen LogP contribution in [0.25, 0.3) is 0 Å². The lowest BCUT2D eigenvalue weighted by Gasteiger charge is -2.31. The summed E-state index contributed by atoms with van der Waals surface area (Å²) in [6.45, 7) is 1.22. The Morgan fingerprint density at radius 1 is 1.63 bits per heavy atom. The van der Waals surface area contributed by atoms with Gasteiger partial charge in [-0.2, -0.15) is 5.26 Å². The number of anilines is 1. The van der Waals surface area contributed by atoms with Gasteiger partial charge in [0.25, 0.3) is 5.69 Å². The number of nitro benzene ring substituents is 1. The number of nitriles is 1. The predicted octanol–water partition coefficient (Wildman–Crippen LogP) is 1.33. The molecular weight excluding hydrogens is 250 g/mol. The summed E-state index contributed by atoms with van der Waals surface area (Å²) < 4.78 is 10.2. The molecule has 0 bridgehead atoms. The average molecular weight is 263 g/mol. The van der Waals surface area contributed by atoms with Crippen LogP contribution in [0.1, 0.15) is 0 Å². The molecule has 0 amide bonds. The maximum absolute atomic E-state index is 11.1. The van der Waals surface area contributed by atoms with Crippen LogP contribution in [-0.2, 0) is 4.74 Å². The molecule has 1 aliphatic heterocycles. The fourth-order valence-electron chi connectivity index (χ4n) is 1.99. The van der Waals surface area contributed by atoms with E-state index in [1.54, 1.807) is 17.0 Å². The molecule has 1 unspecified atom stereocenters. The Morgan fingerprint density at radius 2 is 2.42 bits per heavy atom. The Balaban J connectivity index is 2.33. The van der Waals surface area contributed by atoms with Crippen LogP contribution in [0, 0.1) is 21.4 Å². The van der Waals surface area contributed by atoms with Gasteiger partial charge in [0.1, 0.15) is 11.4 Å². The van der Waals surface area contributed by atoms with Gasteiger partial charge in [-0.15, -0.1) is 0 Å². The summed E-state index contributed by atoms with van der Waals surface area (Å²) in [5.74, 6) is 0.431. The van der Waals surface area contributed by atoms with E-state index in [-0.39, 0.29) is 5.69 Å². The normalized spacial score (nSPS) is 18.7. The lowest BCUT2D eigenvalue weighted by Crippen LogP contribution is -2.42. The number of ether oxygens (including phenoxy) is 2. The molecular formula is C12H13N3O4. The molecule has 1 heterocycles. The van der Waals surface area contributed by atoms with E-state index >= 15 is 0 Å². The number of nitro groups is 1. The van der Waals surface area contributed by atoms with Gasteiger partial charge >= 0.3 is 0 Å². The summed E-state index contributed by atoms with van der Waals surface area (Å²) in [6, 6.07) is 6.70. The number of morpholine rings is 1. The first-order valence-electron chi connectivity index (χ1n) is 5.74. The van der Waals surface area contributed by atoms with Gasteiger partial charge < -0.3 is 14.4 Å². The highest BCUT2D eigenvalue weighted by atomic mass is 16.6. The van der Waals surface area contributed by atoms with Gasteiger partial charge in [-0.3, -0.25) is 10.1 Å². The number of nitrogens with zero attached hydrogens (tertiary/aromatic N) is 3. The number of benzene rings is 1. The molecule has 1 aromatic rings. The van der Waals surface area contributed by atoms with Gasteiger partial charge in [-0.05, 0) is 12.1 Å². The predicted molar refractivity (Wildman–Crippen MR) is 67.2 cm³/mol. The Hall–Kier alpha value is -2.33. The van der Waals surface area contributed by atoms with Crippen LogP contribution in [0.5, 0.6) is 5.75 Å². The second-order valence-corrected chi connectivity index (χ2v) is 4.05. The van der Waals surface area contributed by atoms with E-state index in [4.69, 9.17) is 14.7 Å². The fraction of sp³-hybridized carbons (Fsp3) is 0.417. The first kappa shape index (κ1) is 13.1. The number of hydrogen-bond acceptors (Lipinski definition) is 6. The smallest absolute Gasteiger partial charge is 0.296 e. The zero-order valence-corrected chi connectivity index (χ0v) is 10.4. The molecule has 1 saturated heterocycles. The van der Waals surface area contributed by atoms with Crippen LogP contribution in [0.2, 0.25) is 0 Å². The molecule has 0 saturated carbocycles. The van der Waals surface area contributed by atoms with E-state index in [0.29, 0.717) is 31.1 Å². The van der Waals surface area contributed by atoms with Crippen molar-refractivity contribution < 1.29 is 14.4 Å². The molecule has 0 spiro atoms. The van der Waals surface area contributed by atoms with Gasteiger partial charge in [-0.25, -0.2) is 0 Å². The molecule has 7 heteroatoms. The highest BCUT2D eigenvalue weighted by Crippen LogP contribution is 2.32. The summed E-state index contributed by atoms with van der Waals surface area (Å²) >= 11 is 0. The summed E-state index contributed by atoms with van der Waals surface area (Å²) in [4.78, 5) is 12.4. The van der Waals surface area contributed by atoms with Gasteiger partial charge in [0.15, 0.2) is 6.10 Å². The van der Waals surface area contributed by atoms with Crippen molar-refractivity contribution in [2.75, 3.05) is 31.7 Å². The van der Waals surface area contributed by atoms with Crippen molar-refractivity contribution in [2.24, 2.45) is 0 Å². The number of methoxy groups -OCH3 is 1. The lowest BCUT2D eigenvalue weighted by molar-refractivity contribution is -0.384. The molecule has 1 aromatic carbocycles. The molecule has 0 radical (unpaired) electrons. The standard InChI is InChI=1S/C12H13N3O4/c1-18-9-2-3-11(12(6-9)15(16)17)14-4-5-19-10(7-13)8-14/h2-3,6,10H,4-5,8H2,1H3. The van der Waals surface area contributed by atoms with Crippen molar-refractivity contribution in [3.05, 3.63) is 28.3 Å². The van der Waals surface area contributed by atoms with Crippen molar-refractivity contribution in [1.82, 2.24) is 0 Å². The summed E-state index contributed by atoms with van der Waals surface area (Å²) in [5, 5.41) is 20.0. The van der Waals surface area contributed by atoms with Gasteiger partial charge in [0.2, 0.25) is 0 Å². The second kappa shape index (κ2) is 5.54. The minimum atomic E-state index is -0.560. The third-order valence-corrected chi connectivity index (χ3v) is 2.93.